The predicted octanol–water partition coefficient (Wildman–Crippen LogP) is -2.66. The van der Waals surface area contributed by atoms with E-state index < -0.39 is 35.5 Å². The number of ether oxygens (including phenoxy) is 4. The van der Waals surface area contributed by atoms with E-state index in [0.29, 0.717) is 74.7 Å². The van der Waals surface area contributed by atoms with E-state index >= 15 is 0 Å². The van der Waals surface area contributed by atoms with E-state index in [2.05, 4.69) is 26.6 Å². The van der Waals surface area contributed by atoms with Crippen LogP contribution in [-0.2, 0) is 38.1 Å². The first-order chi connectivity index (χ1) is 26.3. The van der Waals surface area contributed by atoms with Crippen LogP contribution < -0.4 is 38.1 Å². The molecule has 19 nitrogen and oxygen atoms in total. The molecule has 6 aliphatic heterocycles. The first-order valence-corrected chi connectivity index (χ1v) is 18.6. The van der Waals surface area contributed by atoms with Gasteiger partial charge in [0, 0.05) is 74.8 Å². The normalized spacial score (nSPS) is 33.8. The molecule has 0 bridgehead atoms. The SMILES string of the molecule is CO[C@@]12[C@H](COC(N)=O)C3=C(C(=O)C(C)=C(NCCCNCCCNC4=C(C)C(=O)C5=C(C4=O)[C@@H](COC(N)=O)[C@@]4(OC)[C@H]6N[C@H]6CN54)C3=O)N1C[C@@H]1N[C@@H]12. The number of piperazine rings is 2. The number of amides is 2. The van der Waals surface area contributed by atoms with Crippen molar-refractivity contribution in [2.24, 2.45) is 23.3 Å². The highest BCUT2D eigenvalue weighted by atomic mass is 16.6. The van der Waals surface area contributed by atoms with E-state index in [1.807, 2.05) is 9.80 Å². The Balaban J connectivity index is 0.827. The molecule has 8 aliphatic rings. The van der Waals surface area contributed by atoms with Gasteiger partial charge >= 0.3 is 12.2 Å². The summed E-state index contributed by atoms with van der Waals surface area (Å²) in [5.41, 5.74) is 10.7. The van der Waals surface area contributed by atoms with Gasteiger partial charge in [0.1, 0.15) is 13.2 Å². The second-order valence-corrected chi connectivity index (χ2v) is 15.2. The fraction of sp³-hybridized carbons (Fsp3) is 0.611. The smallest absolute Gasteiger partial charge is 0.404 e. The maximum atomic E-state index is 14.0. The van der Waals surface area contributed by atoms with Crippen LogP contribution in [0.3, 0.4) is 0 Å². The number of allylic oxidation sites excluding steroid dienone is 4. The van der Waals surface area contributed by atoms with Crippen molar-refractivity contribution in [3.63, 3.8) is 0 Å². The number of hydrogen-bond donors (Lipinski definition) is 7. The standard InChI is InChI=1S/C36H47N9O10/c1-15-23(29(48)21-17(13-54-33(37)50)35(52-3)31-19(42-31)11-44(35)25(21)27(15)46)40-9-5-7-39-8-6-10-41-24-16(2)28(47)26-22(30(24)49)18(14-55-34(38)51)36(53-4)32-20(43-32)12-45(26)36/h17-20,31-32,39-43H,5-14H2,1-4H3,(H2,37,50)(H2,38,51)/t17-,18-,19+,20+,31+,32+,35-,36-/m1/s1. The first-order valence-electron chi connectivity index (χ1n) is 18.6. The van der Waals surface area contributed by atoms with Gasteiger partial charge in [-0.15, -0.1) is 0 Å². The third kappa shape index (κ3) is 5.34. The van der Waals surface area contributed by atoms with Gasteiger partial charge in [-0.05, 0) is 39.8 Å². The molecule has 0 spiro atoms. The number of carbonyl (C=O) groups is 6. The topological polar surface area (TPSA) is 278 Å². The number of nitrogens with one attached hydrogen (secondary N) is 5. The first kappa shape index (κ1) is 37.1. The summed E-state index contributed by atoms with van der Waals surface area (Å²) >= 11 is 0. The third-order valence-corrected chi connectivity index (χ3v) is 12.5. The highest BCUT2D eigenvalue weighted by Crippen LogP contribution is 2.57. The van der Waals surface area contributed by atoms with E-state index in [4.69, 9.17) is 30.4 Å². The molecule has 0 aromatic rings. The summed E-state index contributed by atoms with van der Waals surface area (Å²) in [4.78, 5) is 82.3. The zero-order chi connectivity index (χ0) is 39.1. The monoisotopic (exact) mass is 765 g/mol. The van der Waals surface area contributed by atoms with Crippen molar-refractivity contribution in [1.82, 2.24) is 36.4 Å². The fourth-order valence-electron chi connectivity index (χ4n) is 9.99. The average molecular weight is 766 g/mol. The number of fused-ring (bicyclic) bond motifs is 8. The molecule has 9 N–H and O–H groups in total. The average Bonchev–Trinajstić information content (AvgIpc) is 3.99. The number of rotatable bonds is 16. The Kier molecular flexibility index (Phi) is 9.07. The van der Waals surface area contributed by atoms with Crippen LogP contribution in [0.15, 0.2) is 45.1 Å². The molecule has 19 heteroatoms. The molecule has 0 aromatic carbocycles. The summed E-state index contributed by atoms with van der Waals surface area (Å²) in [5, 5.41) is 16.4. The van der Waals surface area contributed by atoms with Gasteiger partial charge in [0.15, 0.2) is 11.4 Å². The Morgan fingerprint density at radius 1 is 0.691 bits per heavy atom. The van der Waals surface area contributed by atoms with Crippen molar-refractivity contribution in [1.29, 1.82) is 0 Å². The lowest BCUT2D eigenvalue weighted by Crippen LogP contribution is -2.55. The second-order valence-electron chi connectivity index (χ2n) is 15.2. The van der Waals surface area contributed by atoms with E-state index in [9.17, 15) is 28.8 Å². The van der Waals surface area contributed by atoms with E-state index in [-0.39, 0.29) is 83.1 Å². The Hall–Kier alpha value is -4.82. The summed E-state index contributed by atoms with van der Waals surface area (Å²) in [6.07, 6.45) is -0.693. The Morgan fingerprint density at radius 2 is 1.09 bits per heavy atom. The minimum atomic E-state index is -1.04. The lowest BCUT2D eigenvalue weighted by Gasteiger charge is -2.39. The van der Waals surface area contributed by atoms with Gasteiger partial charge in [0.05, 0.1) is 46.7 Å². The molecule has 0 saturated carbocycles. The van der Waals surface area contributed by atoms with Gasteiger partial charge in [0.2, 0.25) is 23.1 Å². The van der Waals surface area contributed by atoms with Crippen molar-refractivity contribution >= 4 is 35.3 Å². The molecule has 296 valence electrons. The summed E-state index contributed by atoms with van der Waals surface area (Å²) in [7, 11) is 3.06. The summed E-state index contributed by atoms with van der Waals surface area (Å²) in [6, 6.07) is -0.0445. The number of primary amides is 2. The van der Waals surface area contributed by atoms with Crippen LogP contribution in [0.5, 0.6) is 0 Å². The zero-order valence-electron chi connectivity index (χ0n) is 31.2. The third-order valence-electron chi connectivity index (χ3n) is 12.5. The zero-order valence-corrected chi connectivity index (χ0v) is 31.2. The van der Waals surface area contributed by atoms with Gasteiger partial charge in [-0.1, -0.05) is 0 Å². The largest absolute Gasteiger partial charge is 0.449 e. The van der Waals surface area contributed by atoms with Crippen LogP contribution in [0.2, 0.25) is 0 Å². The quantitative estimate of drug-likeness (QED) is 0.0480. The Bertz CT molecular complexity index is 1790. The molecule has 8 atom stereocenters. The van der Waals surface area contributed by atoms with Gasteiger partial charge in [-0.3, -0.25) is 19.2 Å². The molecule has 8 rings (SSSR count). The van der Waals surface area contributed by atoms with Crippen molar-refractivity contribution in [2.45, 2.75) is 62.3 Å². The number of methoxy groups -OCH3 is 2. The highest BCUT2D eigenvalue weighted by molar-refractivity contribution is 6.26. The molecule has 4 saturated heterocycles. The molecule has 0 radical (unpaired) electrons. The van der Waals surface area contributed by atoms with Crippen LogP contribution in [0, 0.1) is 11.8 Å². The minimum Gasteiger partial charge on any atom is -0.449 e. The maximum absolute atomic E-state index is 14.0. The van der Waals surface area contributed by atoms with E-state index in [0.717, 1.165) is 0 Å². The highest BCUT2D eigenvalue weighted by Gasteiger charge is 2.74. The van der Waals surface area contributed by atoms with Gasteiger partial charge in [0.25, 0.3) is 0 Å². The van der Waals surface area contributed by atoms with Crippen molar-refractivity contribution < 1.29 is 47.7 Å². The molecule has 0 aromatic heterocycles. The van der Waals surface area contributed by atoms with E-state index in [1.165, 1.54) is 14.2 Å². The van der Waals surface area contributed by atoms with Gasteiger partial charge in [-0.25, -0.2) is 9.59 Å². The molecule has 0 unspecified atom stereocenters. The fourth-order valence-corrected chi connectivity index (χ4v) is 9.99. The minimum absolute atomic E-state index is 0.104. The molecular weight excluding hydrogens is 718 g/mol. The number of hydrogen-bond acceptors (Lipinski definition) is 17. The number of ketones is 4. The molecule has 6 heterocycles. The molecular formula is C36H47N9O10. The van der Waals surface area contributed by atoms with Crippen LogP contribution in [0.25, 0.3) is 0 Å². The van der Waals surface area contributed by atoms with Crippen molar-refractivity contribution in [2.75, 3.05) is 66.7 Å². The number of Topliss-reactive ketones (excluding diaryl/α,β-unsaturated/α-hetero) is 4. The van der Waals surface area contributed by atoms with E-state index in [1.54, 1.807) is 13.8 Å². The van der Waals surface area contributed by atoms with Crippen LogP contribution >= 0.6 is 0 Å². The van der Waals surface area contributed by atoms with Gasteiger partial charge in [-0.2, -0.15) is 0 Å². The summed E-state index contributed by atoms with van der Waals surface area (Å²) in [6.45, 7) is 5.86. The molecule has 4 fully saturated rings. The lowest BCUT2D eigenvalue weighted by atomic mass is 9.82. The summed E-state index contributed by atoms with van der Waals surface area (Å²) in [5.74, 6) is -2.61. The molecule has 55 heavy (non-hydrogen) atoms. The van der Waals surface area contributed by atoms with Crippen molar-refractivity contribution in [3.8, 4) is 0 Å². The second kappa shape index (κ2) is 13.4. The van der Waals surface area contributed by atoms with Gasteiger partial charge < -0.3 is 66.8 Å². The Morgan fingerprint density at radius 3 is 1.45 bits per heavy atom. The van der Waals surface area contributed by atoms with Crippen LogP contribution in [0.1, 0.15) is 26.7 Å². The lowest BCUT2D eigenvalue weighted by molar-refractivity contribution is -0.137. The summed E-state index contributed by atoms with van der Waals surface area (Å²) < 4.78 is 22.4. The molecule has 2 amide bonds. The maximum Gasteiger partial charge on any atom is 0.404 e. The van der Waals surface area contributed by atoms with Crippen LogP contribution in [-0.4, -0.2) is 147 Å². The number of nitrogens with two attached hydrogens (primary N) is 2. The Labute approximate surface area is 316 Å². The number of nitrogens with zero attached hydrogens (tertiary/aromatic N) is 2. The number of carbonyl (C=O) groups excluding carboxylic acids is 6. The van der Waals surface area contributed by atoms with Crippen LogP contribution in [0.4, 0.5) is 9.59 Å². The predicted molar refractivity (Wildman–Crippen MR) is 190 cm³/mol. The van der Waals surface area contributed by atoms with Crippen molar-refractivity contribution in [3.05, 3.63) is 45.1 Å². The molecule has 2 aliphatic carbocycles.